The van der Waals surface area contributed by atoms with Gasteiger partial charge in [-0.25, -0.2) is 0 Å². The van der Waals surface area contributed by atoms with Crippen LogP contribution < -0.4 is 0 Å². The van der Waals surface area contributed by atoms with Crippen LogP contribution in [0.25, 0.3) is 22.9 Å². The molecule has 0 saturated carbocycles. The molecule has 0 bridgehead atoms. The molecule has 21 heavy (non-hydrogen) atoms. The van der Waals surface area contributed by atoms with E-state index in [2.05, 4.69) is 60.1 Å². The van der Waals surface area contributed by atoms with E-state index in [0.29, 0.717) is 0 Å². The summed E-state index contributed by atoms with van der Waals surface area (Å²) in [5.41, 5.74) is 3.74. The maximum atomic E-state index is 3.98. The molecule has 0 N–H and O–H groups in total. The molecule has 102 valence electrons. The molecule has 1 heteroatoms. The Bertz CT molecular complexity index is 780. The molecule has 2 aromatic carbocycles. The fraction of sp³-hybridized carbons (Fsp3) is 0.0500. The number of aromatic nitrogens is 1. The normalized spacial score (nSPS) is 11.6. The van der Waals surface area contributed by atoms with Gasteiger partial charge in [0.15, 0.2) is 0 Å². The average molecular weight is 271 g/mol. The highest BCUT2D eigenvalue weighted by Crippen LogP contribution is 2.27. The number of benzene rings is 2. The molecule has 0 fully saturated rings. The molecule has 1 nitrogen and oxygen atoms in total. The lowest BCUT2D eigenvalue weighted by Crippen LogP contribution is -1.91. The second-order valence-electron chi connectivity index (χ2n) is 4.93. The van der Waals surface area contributed by atoms with Crippen molar-refractivity contribution in [2.75, 3.05) is 0 Å². The van der Waals surface area contributed by atoms with Crippen molar-refractivity contribution >= 4 is 22.9 Å². The predicted octanol–water partition coefficient (Wildman–Crippen LogP) is 5.13. The van der Waals surface area contributed by atoms with Gasteiger partial charge in [-0.15, -0.1) is 0 Å². The SMILES string of the molecule is C1=Cc2cccc3cccc(c23)C1.C=Cc1ccccn1. The van der Waals surface area contributed by atoms with Gasteiger partial charge in [-0.05, 0) is 46.5 Å². The van der Waals surface area contributed by atoms with Gasteiger partial charge in [-0.2, -0.15) is 0 Å². The standard InChI is InChI=1S/C13H10.C7H7N/c1-4-10-6-2-8-12-9-3-7-11(5-1)13(10)12;1-2-7-5-3-4-6-8-7/h1-8H,9H2;2-6H,1H2. The molecule has 0 saturated heterocycles. The summed E-state index contributed by atoms with van der Waals surface area (Å²) in [7, 11) is 0. The van der Waals surface area contributed by atoms with Crippen LogP contribution in [-0.2, 0) is 6.42 Å². The van der Waals surface area contributed by atoms with Gasteiger partial charge in [-0.1, -0.05) is 61.2 Å². The molecule has 1 heterocycles. The Balaban J connectivity index is 0.000000143. The lowest BCUT2D eigenvalue weighted by Gasteiger charge is -2.11. The number of pyridine rings is 1. The lowest BCUT2D eigenvalue weighted by atomic mass is 9.93. The van der Waals surface area contributed by atoms with E-state index in [-0.39, 0.29) is 0 Å². The van der Waals surface area contributed by atoms with E-state index >= 15 is 0 Å². The molecule has 3 aromatic rings. The number of rotatable bonds is 1. The van der Waals surface area contributed by atoms with Crippen molar-refractivity contribution in [1.82, 2.24) is 4.98 Å². The van der Waals surface area contributed by atoms with Crippen molar-refractivity contribution in [3.8, 4) is 0 Å². The third-order valence-electron chi connectivity index (χ3n) is 3.56. The molecule has 0 amide bonds. The van der Waals surface area contributed by atoms with Crippen molar-refractivity contribution in [3.63, 3.8) is 0 Å². The third kappa shape index (κ3) is 2.92. The Morgan fingerprint density at radius 1 is 0.952 bits per heavy atom. The van der Waals surface area contributed by atoms with E-state index in [4.69, 9.17) is 0 Å². The summed E-state index contributed by atoms with van der Waals surface area (Å²) in [5, 5.41) is 2.80. The first-order valence-corrected chi connectivity index (χ1v) is 7.09. The van der Waals surface area contributed by atoms with E-state index in [1.54, 1.807) is 12.3 Å². The second kappa shape index (κ2) is 6.19. The van der Waals surface area contributed by atoms with Crippen molar-refractivity contribution < 1.29 is 0 Å². The number of hydrogen-bond acceptors (Lipinski definition) is 1. The van der Waals surface area contributed by atoms with Gasteiger partial charge in [0.2, 0.25) is 0 Å². The summed E-state index contributed by atoms with van der Waals surface area (Å²) in [6.07, 6.45) is 9.00. The van der Waals surface area contributed by atoms with Crippen molar-refractivity contribution in [2.24, 2.45) is 0 Å². The summed E-state index contributed by atoms with van der Waals surface area (Å²) in [6, 6.07) is 18.8. The van der Waals surface area contributed by atoms with Crippen molar-refractivity contribution in [2.45, 2.75) is 6.42 Å². The van der Waals surface area contributed by atoms with E-state index in [1.807, 2.05) is 18.2 Å². The summed E-state index contributed by atoms with van der Waals surface area (Å²) < 4.78 is 0. The molecular formula is C20H17N. The van der Waals surface area contributed by atoms with Crippen LogP contribution >= 0.6 is 0 Å². The quantitative estimate of drug-likeness (QED) is 0.597. The minimum absolute atomic E-state index is 0.924. The molecule has 0 spiro atoms. The van der Waals surface area contributed by atoms with Crippen LogP contribution in [0, 0.1) is 0 Å². The van der Waals surface area contributed by atoms with Crippen LogP contribution in [0.5, 0.6) is 0 Å². The topological polar surface area (TPSA) is 12.9 Å². The molecule has 0 atom stereocenters. The number of hydrogen-bond donors (Lipinski definition) is 0. The Kier molecular flexibility index (Phi) is 3.92. The second-order valence-corrected chi connectivity index (χ2v) is 4.93. The first kappa shape index (κ1) is 13.3. The van der Waals surface area contributed by atoms with Crippen LogP contribution in [0.1, 0.15) is 16.8 Å². The molecule has 1 aromatic heterocycles. The Hall–Kier alpha value is -2.67. The van der Waals surface area contributed by atoms with Crippen LogP contribution in [0.3, 0.4) is 0 Å². The van der Waals surface area contributed by atoms with E-state index in [1.165, 1.54) is 21.9 Å². The maximum absolute atomic E-state index is 3.98. The van der Waals surface area contributed by atoms with Crippen LogP contribution in [0.2, 0.25) is 0 Å². The fourth-order valence-electron chi connectivity index (χ4n) is 2.57. The van der Waals surface area contributed by atoms with Crippen LogP contribution in [0.15, 0.2) is 73.4 Å². The summed E-state index contributed by atoms with van der Waals surface area (Å²) in [4.78, 5) is 3.98. The fourth-order valence-corrected chi connectivity index (χ4v) is 2.57. The highest BCUT2D eigenvalue weighted by Gasteiger charge is 2.06. The van der Waals surface area contributed by atoms with Gasteiger partial charge < -0.3 is 0 Å². The maximum Gasteiger partial charge on any atom is 0.0623 e. The lowest BCUT2D eigenvalue weighted by molar-refractivity contribution is 1.29. The smallest absolute Gasteiger partial charge is 0.0623 e. The molecule has 0 unspecified atom stereocenters. The molecular weight excluding hydrogens is 254 g/mol. The first-order chi connectivity index (χ1) is 10.4. The number of allylic oxidation sites excluding steroid dienone is 1. The van der Waals surface area contributed by atoms with Gasteiger partial charge in [0.1, 0.15) is 0 Å². The van der Waals surface area contributed by atoms with Gasteiger partial charge in [-0.3, -0.25) is 4.98 Å². The molecule has 1 aliphatic rings. The average Bonchev–Trinajstić information content (AvgIpc) is 2.57. The van der Waals surface area contributed by atoms with Crippen molar-refractivity contribution in [3.05, 3.63) is 90.3 Å². The van der Waals surface area contributed by atoms with E-state index in [0.717, 1.165) is 12.1 Å². The predicted molar refractivity (Wildman–Crippen MR) is 91.0 cm³/mol. The largest absolute Gasteiger partial charge is 0.257 e. The monoisotopic (exact) mass is 271 g/mol. The van der Waals surface area contributed by atoms with Gasteiger partial charge in [0.05, 0.1) is 5.69 Å². The third-order valence-corrected chi connectivity index (χ3v) is 3.56. The van der Waals surface area contributed by atoms with Gasteiger partial charge in [0.25, 0.3) is 0 Å². The minimum atomic E-state index is 0.924. The molecule has 4 rings (SSSR count). The number of nitrogens with zero attached hydrogens (tertiary/aromatic N) is 1. The zero-order chi connectivity index (χ0) is 14.5. The Morgan fingerprint density at radius 2 is 1.81 bits per heavy atom. The van der Waals surface area contributed by atoms with Gasteiger partial charge in [0, 0.05) is 6.20 Å². The minimum Gasteiger partial charge on any atom is -0.257 e. The Morgan fingerprint density at radius 3 is 2.52 bits per heavy atom. The Labute approximate surface area is 125 Å². The molecule has 0 aliphatic heterocycles. The van der Waals surface area contributed by atoms with Crippen LogP contribution in [-0.4, -0.2) is 4.98 Å². The highest BCUT2D eigenvalue weighted by atomic mass is 14.6. The highest BCUT2D eigenvalue weighted by molar-refractivity contribution is 5.94. The first-order valence-electron chi connectivity index (χ1n) is 7.09. The summed E-state index contributed by atoms with van der Waals surface area (Å²) in [5.74, 6) is 0. The molecule has 0 radical (unpaired) electrons. The zero-order valence-corrected chi connectivity index (χ0v) is 11.9. The zero-order valence-electron chi connectivity index (χ0n) is 11.9. The summed E-state index contributed by atoms with van der Waals surface area (Å²) in [6.45, 7) is 3.57. The van der Waals surface area contributed by atoms with E-state index < -0.39 is 0 Å². The molecule has 1 aliphatic carbocycles. The van der Waals surface area contributed by atoms with E-state index in [9.17, 15) is 0 Å². The summed E-state index contributed by atoms with van der Waals surface area (Å²) >= 11 is 0. The van der Waals surface area contributed by atoms with Crippen LogP contribution in [0.4, 0.5) is 0 Å². The van der Waals surface area contributed by atoms with Gasteiger partial charge >= 0.3 is 0 Å². The van der Waals surface area contributed by atoms with Crippen molar-refractivity contribution in [1.29, 1.82) is 0 Å².